The van der Waals surface area contributed by atoms with Gasteiger partial charge in [0.25, 0.3) is 0 Å². The number of rotatable bonds is 27. The first-order valence-electron chi connectivity index (χ1n) is 33.8. The highest BCUT2D eigenvalue weighted by Crippen LogP contribution is 2.53. The number of carbonyl (C=O) groups is 11. The average Bonchev–Trinajstić information content (AvgIpc) is 0.878. The normalized spacial score (nSPS) is 22.6. The van der Waals surface area contributed by atoms with Crippen LogP contribution in [0, 0.1) is 12.8 Å². The summed E-state index contributed by atoms with van der Waals surface area (Å²) in [5.41, 5.74) is 3.72. The number of imide groups is 1. The maximum Gasteiger partial charge on any atom is 0.409 e. The monoisotopic (exact) mass is 1420 g/mol. The molecule has 9 amide bonds. The van der Waals surface area contributed by atoms with Crippen molar-refractivity contribution in [1.82, 2.24) is 30.7 Å². The highest BCUT2D eigenvalue weighted by Gasteiger charge is 2.56. The number of ether oxygens (including phenoxy) is 8. The van der Waals surface area contributed by atoms with Crippen molar-refractivity contribution in [3.8, 4) is 17.2 Å². The zero-order valence-corrected chi connectivity index (χ0v) is 58.0. The molecule has 2 unspecified atom stereocenters. The number of aromatic hydroxyl groups is 2. The number of anilines is 2. The third kappa shape index (κ3) is 16.3. The molecule has 9 N–H and O–H groups in total. The molecular weight excluding hydrogens is 1330 g/mol. The topological polar surface area (TPSA) is 409 Å². The number of fused-ring (bicyclic) bond motifs is 6. The fourth-order valence-corrected chi connectivity index (χ4v) is 13.8. The maximum atomic E-state index is 14.5. The van der Waals surface area contributed by atoms with Crippen molar-refractivity contribution in [2.75, 3.05) is 77.9 Å². The molecule has 10 rings (SSSR count). The number of ketones is 3. The van der Waals surface area contributed by atoms with Crippen molar-refractivity contribution in [3.05, 3.63) is 111 Å². The molecule has 4 aliphatic heterocycles. The molecule has 0 spiro atoms. The van der Waals surface area contributed by atoms with Crippen LogP contribution in [-0.4, -0.2) is 218 Å². The lowest BCUT2D eigenvalue weighted by atomic mass is 9.71. The van der Waals surface area contributed by atoms with E-state index >= 15 is 0 Å². The van der Waals surface area contributed by atoms with Crippen LogP contribution in [0.15, 0.2) is 60.7 Å². The van der Waals surface area contributed by atoms with E-state index < -0.39 is 150 Å². The average molecular weight is 1420 g/mol. The summed E-state index contributed by atoms with van der Waals surface area (Å²) in [6.45, 7) is 6.44. The number of phenolic OH excluding ortho intramolecular Hbond substituents is 2. The Kier molecular flexibility index (Phi) is 23.6. The molecule has 10 atom stereocenters. The van der Waals surface area contributed by atoms with Crippen molar-refractivity contribution in [3.63, 3.8) is 0 Å². The Balaban J connectivity index is 0.717. The first kappa shape index (κ1) is 75.0. The van der Waals surface area contributed by atoms with Crippen molar-refractivity contribution < 1.29 is 106 Å². The van der Waals surface area contributed by atoms with Crippen LogP contribution in [0.25, 0.3) is 0 Å². The molecule has 2 aliphatic carbocycles. The van der Waals surface area contributed by atoms with Crippen molar-refractivity contribution in [2.45, 2.75) is 159 Å². The van der Waals surface area contributed by atoms with E-state index in [4.69, 9.17) is 43.6 Å². The van der Waals surface area contributed by atoms with Gasteiger partial charge < -0.3 is 90.0 Å². The van der Waals surface area contributed by atoms with E-state index in [1.807, 2.05) is 0 Å². The molecule has 4 aromatic rings. The Morgan fingerprint density at radius 2 is 1.47 bits per heavy atom. The minimum atomic E-state index is -2.49. The second-order valence-corrected chi connectivity index (χ2v) is 26.6. The number of amides is 9. The zero-order valence-electron chi connectivity index (χ0n) is 58.0. The van der Waals surface area contributed by atoms with Crippen LogP contribution in [0.2, 0.25) is 0 Å². The largest absolute Gasteiger partial charge is 0.507 e. The summed E-state index contributed by atoms with van der Waals surface area (Å²) in [7, 11) is 5.60. The van der Waals surface area contributed by atoms with Gasteiger partial charge in [-0.05, 0) is 92.5 Å². The molecule has 0 aromatic heterocycles. The number of nitrogens with zero attached hydrogens (tertiary/aromatic N) is 4. The number of primary amides is 1. The molecule has 4 aromatic carbocycles. The third-order valence-corrected chi connectivity index (χ3v) is 19.3. The van der Waals surface area contributed by atoms with Gasteiger partial charge in [-0.3, -0.25) is 48.2 Å². The van der Waals surface area contributed by atoms with E-state index in [0.717, 1.165) is 15.4 Å². The van der Waals surface area contributed by atoms with Gasteiger partial charge in [-0.25, -0.2) is 14.4 Å². The van der Waals surface area contributed by atoms with Crippen LogP contribution in [0.5, 0.6) is 17.2 Å². The van der Waals surface area contributed by atoms with E-state index in [1.54, 1.807) is 82.3 Å². The van der Waals surface area contributed by atoms with Gasteiger partial charge in [0.05, 0.1) is 48.3 Å². The molecule has 102 heavy (non-hydrogen) atoms. The summed E-state index contributed by atoms with van der Waals surface area (Å²) >= 11 is 0. The maximum absolute atomic E-state index is 14.5. The number of aliphatic hydroxyl groups is 1. The standard InChI is InChI=1S/C71H87N9O22/c1-36(2)57(76-49(82)13-9-11-39-17-21-42(22-18-39)80-50(83)24-25-51(80)84)65(90)75-45(12-10-26-73-68(72)91)64(89)74-41-19-15-40(16-20-41)34-98-69(92)77(5)27-28-78(6)70(93)99-35-48(81)71(94)32-44-53(60(87)56-55(59(44)86)58(85)43-23-14-37(3)62(95-7)54(43)61(56)88)47(33-71)101-52-31-46-63(38(4)100-52)102-66-67(96-8)97-30-29-79(46)66/h14-23,36,38,45-47,52,57,63,66-67,86-87,94H,9-13,24-35H2,1-8H3,(H,74,89)(H,75,90)(H,76,82)(H3,72,73,91)/t38-,45-,46-,47-,52?,57?,63+,66+,67-,71-/m0/s1. The fourth-order valence-electron chi connectivity index (χ4n) is 13.8. The fraction of sp³-hybridized carbons (Fsp3) is 0.507. The molecule has 0 bridgehead atoms. The van der Waals surface area contributed by atoms with Crippen LogP contribution in [0.4, 0.5) is 25.8 Å². The molecule has 31 heteroatoms. The number of carbonyl (C=O) groups excluding carboxylic acids is 11. The predicted molar refractivity (Wildman–Crippen MR) is 360 cm³/mol. The Hall–Kier alpha value is -9.63. The zero-order chi connectivity index (χ0) is 73.6. The number of phenols is 2. The highest BCUT2D eigenvalue weighted by molar-refractivity contribution is 6.31. The number of hydrogen-bond acceptors (Lipinski definition) is 23. The summed E-state index contributed by atoms with van der Waals surface area (Å²) in [5, 5.41) is 47.7. The second kappa shape index (κ2) is 32.1. The van der Waals surface area contributed by atoms with Crippen molar-refractivity contribution >= 4 is 76.5 Å². The van der Waals surface area contributed by atoms with Crippen LogP contribution in [0.1, 0.15) is 138 Å². The lowest BCUT2D eigenvalue weighted by Crippen LogP contribution is -2.55. The number of urea groups is 1. The van der Waals surface area contributed by atoms with Gasteiger partial charge in [-0.1, -0.05) is 44.2 Å². The summed E-state index contributed by atoms with van der Waals surface area (Å²) in [4.78, 5) is 152. The lowest BCUT2D eigenvalue weighted by Gasteiger charge is -2.43. The number of likely N-dealkylation sites (N-methyl/N-ethyl adjacent to an activating group) is 2. The van der Waals surface area contributed by atoms with Crippen molar-refractivity contribution in [2.24, 2.45) is 11.7 Å². The Morgan fingerprint density at radius 1 is 0.804 bits per heavy atom. The summed E-state index contributed by atoms with van der Waals surface area (Å²) in [6.07, 6.45) is -6.18. The van der Waals surface area contributed by atoms with Gasteiger partial charge in [0.15, 0.2) is 31.2 Å². The first-order chi connectivity index (χ1) is 48.6. The van der Waals surface area contributed by atoms with E-state index in [1.165, 1.54) is 39.3 Å². The minimum Gasteiger partial charge on any atom is -0.507 e. The van der Waals surface area contributed by atoms with Gasteiger partial charge in [-0.15, -0.1) is 0 Å². The second-order valence-electron chi connectivity index (χ2n) is 26.6. The van der Waals surface area contributed by atoms with Gasteiger partial charge in [0, 0.05) is 114 Å². The number of nitrogens with one attached hydrogen (secondary N) is 4. The Labute approximate surface area is 587 Å². The summed E-state index contributed by atoms with van der Waals surface area (Å²) in [6, 6.07) is 13.0. The van der Waals surface area contributed by atoms with E-state index in [0.29, 0.717) is 48.5 Å². The van der Waals surface area contributed by atoms with E-state index in [9.17, 15) is 68.1 Å². The summed E-state index contributed by atoms with van der Waals surface area (Å²) in [5.74, 6) is -6.62. The smallest absolute Gasteiger partial charge is 0.409 e. The number of methoxy groups -OCH3 is 2. The first-order valence-corrected chi connectivity index (χ1v) is 33.8. The van der Waals surface area contributed by atoms with E-state index in [2.05, 4.69) is 26.2 Å². The predicted octanol–water partition coefficient (Wildman–Crippen LogP) is 4.05. The van der Waals surface area contributed by atoms with Gasteiger partial charge >= 0.3 is 18.2 Å². The van der Waals surface area contributed by atoms with Crippen LogP contribution in [0.3, 0.4) is 0 Å². The van der Waals surface area contributed by atoms with Crippen LogP contribution < -0.4 is 36.6 Å². The Morgan fingerprint density at radius 3 is 2.13 bits per heavy atom. The quantitative estimate of drug-likeness (QED) is 0.0209. The highest BCUT2D eigenvalue weighted by atomic mass is 16.7. The van der Waals surface area contributed by atoms with Crippen LogP contribution in [-0.2, 0) is 81.4 Å². The van der Waals surface area contributed by atoms with Gasteiger partial charge in [0.1, 0.15) is 47.6 Å². The number of aryl methyl sites for hydroxylation is 2. The third-order valence-electron chi connectivity index (χ3n) is 19.3. The van der Waals surface area contributed by atoms with Gasteiger partial charge in [-0.2, -0.15) is 0 Å². The van der Waals surface area contributed by atoms with Crippen LogP contribution >= 0.6 is 0 Å². The Bertz CT molecular complexity index is 3890. The van der Waals surface area contributed by atoms with Gasteiger partial charge in [0.2, 0.25) is 41.1 Å². The molecular formula is C71H87N9O22. The van der Waals surface area contributed by atoms with Crippen molar-refractivity contribution in [1.29, 1.82) is 0 Å². The number of morpholine rings is 1. The van der Waals surface area contributed by atoms with E-state index in [-0.39, 0.29) is 117 Å². The lowest BCUT2D eigenvalue weighted by molar-refractivity contribution is -0.256. The molecule has 4 fully saturated rings. The molecule has 4 heterocycles. The molecule has 0 saturated carbocycles. The molecule has 4 saturated heterocycles. The molecule has 548 valence electrons. The minimum absolute atomic E-state index is 0.0702. The number of hydrogen-bond donors (Lipinski definition) is 8. The number of benzene rings is 4. The number of Topliss-reactive ketones (excluding diaryl/α,β-unsaturated/α-hetero) is 1. The molecule has 0 radical (unpaired) electrons. The molecule has 31 nitrogen and oxygen atoms in total. The summed E-state index contributed by atoms with van der Waals surface area (Å²) < 4.78 is 47.2. The SMILES string of the molecule is COc1c(C)ccc2c1C(=O)c1c(O)c3c(c(O)c1C2=O)C[C@@](O)(C(=O)COC(=O)N(C)CCN(C)C(=O)OCc1ccc(NC(=O)[C@H](CCCNC(N)=O)NC(=O)C(NC(=O)CCCc2ccc(N4C(=O)CCC4=O)cc2)C(C)C)cc1)C[C@@H]3OC1C[C@H]2[C@H](O[C@@H]3[C@@H](OC)OCCN32)[C@H](C)O1. The number of nitrogens with two attached hydrogens (primary N) is 1. The molecule has 6 aliphatic rings.